The van der Waals surface area contributed by atoms with E-state index in [2.05, 4.69) is 9.62 Å². The predicted octanol–water partition coefficient (Wildman–Crippen LogP) is 3.02. The van der Waals surface area contributed by atoms with Crippen molar-refractivity contribution in [2.75, 3.05) is 26.3 Å². The molecule has 1 aliphatic rings. The van der Waals surface area contributed by atoms with Gasteiger partial charge in [0.2, 0.25) is 10.0 Å². The molecule has 0 bridgehead atoms. The zero-order valence-corrected chi connectivity index (χ0v) is 15.9. The Labute approximate surface area is 162 Å². The molecule has 0 amide bonds. The minimum absolute atomic E-state index is 0.00356. The van der Waals surface area contributed by atoms with Crippen LogP contribution in [0.5, 0.6) is 0 Å². The van der Waals surface area contributed by atoms with Gasteiger partial charge in [0.15, 0.2) is 0 Å². The molecule has 152 valence electrons. The Morgan fingerprint density at radius 2 is 1.64 bits per heavy atom. The molecule has 2 aromatic rings. The van der Waals surface area contributed by atoms with Crippen molar-refractivity contribution in [1.29, 1.82) is 0 Å². The van der Waals surface area contributed by atoms with Crippen molar-refractivity contribution in [3.05, 3.63) is 65.2 Å². The summed E-state index contributed by atoms with van der Waals surface area (Å²) in [7, 11) is -4.05. The van der Waals surface area contributed by atoms with Gasteiger partial charge in [-0.3, -0.25) is 4.90 Å². The molecule has 0 saturated carbocycles. The van der Waals surface area contributed by atoms with Crippen LogP contribution in [0.2, 0.25) is 0 Å². The van der Waals surface area contributed by atoms with Crippen molar-refractivity contribution >= 4 is 10.0 Å². The third kappa shape index (κ3) is 5.54. The lowest BCUT2D eigenvalue weighted by Crippen LogP contribution is -2.35. The Hall–Kier alpha value is -1.94. The molecule has 0 atom stereocenters. The second-order valence-corrected chi connectivity index (χ2v) is 8.32. The summed E-state index contributed by atoms with van der Waals surface area (Å²) < 4.78 is 70.7. The van der Waals surface area contributed by atoms with Crippen molar-refractivity contribution in [2.45, 2.75) is 24.2 Å². The monoisotopic (exact) mass is 414 g/mol. The van der Waals surface area contributed by atoms with Gasteiger partial charge in [-0.05, 0) is 29.3 Å². The maximum atomic E-state index is 12.8. The quantitative estimate of drug-likeness (QED) is 0.790. The van der Waals surface area contributed by atoms with Crippen LogP contribution in [0.4, 0.5) is 13.2 Å². The first-order valence-corrected chi connectivity index (χ1v) is 10.3. The number of sulfonamides is 1. The zero-order chi connectivity index (χ0) is 20.2. The second-order valence-electron chi connectivity index (χ2n) is 6.56. The third-order valence-electron chi connectivity index (χ3n) is 4.47. The number of ether oxygens (including phenoxy) is 1. The fraction of sp³-hybridized carbons (Fsp3) is 0.368. The summed E-state index contributed by atoms with van der Waals surface area (Å²) in [6.45, 7) is 3.97. The lowest BCUT2D eigenvalue weighted by atomic mass is 10.1. The lowest BCUT2D eigenvalue weighted by Gasteiger charge is -2.26. The Morgan fingerprint density at radius 1 is 1.00 bits per heavy atom. The van der Waals surface area contributed by atoms with Crippen LogP contribution >= 0.6 is 0 Å². The summed E-state index contributed by atoms with van der Waals surface area (Å²) in [6.07, 6.45) is -4.60. The molecule has 28 heavy (non-hydrogen) atoms. The first-order chi connectivity index (χ1) is 13.2. The van der Waals surface area contributed by atoms with E-state index in [1.54, 1.807) is 0 Å². The SMILES string of the molecule is O=S(=O)(NCc1ccc(CN2CCOCC2)cc1)c1cccc(C(F)(F)F)c1. The van der Waals surface area contributed by atoms with Crippen LogP contribution in [0, 0.1) is 0 Å². The summed E-state index contributed by atoms with van der Waals surface area (Å²) >= 11 is 0. The van der Waals surface area contributed by atoms with Gasteiger partial charge in [-0.1, -0.05) is 30.3 Å². The van der Waals surface area contributed by atoms with E-state index < -0.39 is 26.7 Å². The highest BCUT2D eigenvalue weighted by atomic mass is 32.2. The van der Waals surface area contributed by atoms with Crippen LogP contribution in [0.1, 0.15) is 16.7 Å². The molecule has 1 fully saturated rings. The highest BCUT2D eigenvalue weighted by Crippen LogP contribution is 2.30. The molecule has 2 aromatic carbocycles. The third-order valence-corrected chi connectivity index (χ3v) is 5.87. The highest BCUT2D eigenvalue weighted by molar-refractivity contribution is 7.89. The van der Waals surface area contributed by atoms with Gasteiger partial charge < -0.3 is 4.74 Å². The molecule has 0 radical (unpaired) electrons. The van der Waals surface area contributed by atoms with Gasteiger partial charge >= 0.3 is 6.18 Å². The van der Waals surface area contributed by atoms with E-state index in [-0.39, 0.29) is 6.54 Å². The molecular weight excluding hydrogens is 393 g/mol. The van der Waals surface area contributed by atoms with Crippen molar-refractivity contribution < 1.29 is 26.3 Å². The predicted molar refractivity (Wildman–Crippen MR) is 98.0 cm³/mol. The van der Waals surface area contributed by atoms with Gasteiger partial charge in [-0.15, -0.1) is 0 Å². The topological polar surface area (TPSA) is 58.6 Å². The van der Waals surface area contributed by atoms with Crippen molar-refractivity contribution in [1.82, 2.24) is 9.62 Å². The second kappa shape index (κ2) is 8.60. The van der Waals surface area contributed by atoms with Gasteiger partial charge in [-0.2, -0.15) is 13.2 Å². The van der Waals surface area contributed by atoms with Crippen LogP contribution in [0.25, 0.3) is 0 Å². The molecule has 1 N–H and O–H groups in total. The molecule has 3 rings (SSSR count). The van der Waals surface area contributed by atoms with E-state index in [9.17, 15) is 21.6 Å². The number of nitrogens with one attached hydrogen (secondary N) is 1. The van der Waals surface area contributed by atoms with E-state index in [0.717, 1.165) is 62.2 Å². The minimum Gasteiger partial charge on any atom is -0.379 e. The Balaban J connectivity index is 1.61. The van der Waals surface area contributed by atoms with E-state index in [1.165, 1.54) is 0 Å². The highest BCUT2D eigenvalue weighted by Gasteiger charge is 2.31. The molecule has 1 aliphatic heterocycles. The van der Waals surface area contributed by atoms with Crippen LogP contribution in [-0.4, -0.2) is 39.6 Å². The maximum Gasteiger partial charge on any atom is 0.416 e. The number of alkyl halides is 3. The zero-order valence-electron chi connectivity index (χ0n) is 15.1. The van der Waals surface area contributed by atoms with E-state index in [4.69, 9.17) is 4.74 Å². The number of rotatable bonds is 6. The van der Waals surface area contributed by atoms with E-state index in [1.807, 2.05) is 24.3 Å². The molecule has 9 heteroatoms. The van der Waals surface area contributed by atoms with Gasteiger partial charge in [0.1, 0.15) is 0 Å². The molecule has 5 nitrogen and oxygen atoms in total. The van der Waals surface area contributed by atoms with Crippen molar-refractivity contribution in [3.8, 4) is 0 Å². The summed E-state index contributed by atoms with van der Waals surface area (Å²) in [5.74, 6) is 0. The average Bonchev–Trinajstić information content (AvgIpc) is 2.68. The molecule has 0 aliphatic carbocycles. The standard InChI is InChI=1S/C19H21F3N2O3S/c20-19(21,22)17-2-1-3-18(12-17)28(25,26)23-13-15-4-6-16(7-5-15)14-24-8-10-27-11-9-24/h1-7,12,23H,8-11,13-14H2. The van der Waals surface area contributed by atoms with Gasteiger partial charge in [0.25, 0.3) is 0 Å². The first-order valence-electron chi connectivity index (χ1n) is 8.79. The van der Waals surface area contributed by atoms with Crippen LogP contribution in [-0.2, 0) is 34.0 Å². The fourth-order valence-corrected chi connectivity index (χ4v) is 3.94. The number of morpholine rings is 1. The Morgan fingerprint density at radius 3 is 2.29 bits per heavy atom. The maximum absolute atomic E-state index is 12.8. The minimum atomic E-state index is -4.60. The van der Waals surface area contributed by atoms with Gasteiger partial charge in [0.05, 0.1) is 23.7 Å². The number of benzene rings is 2. The van der Waals surface area contributed by atoms with Gasteiger partial charge in [-0.25, -0.2) is 13.1 Å². The molecule has 1 heterocycles. The molecule has 0 aromatic heterocycles. The Bertz CT molecular complexity index is 893. The van der Waals surface area contributed by atoms with Crippen LogP contribution < -0.4 is 4.72 Å². The molecular formula is C19H21F3N2O3S. The molecule has 0 unspecified atom stereocenters. The summed E-state index contributed by atoms with van der Waals surface area (Å²) in [5.41, 5.74) is 0.829. The largest absolute Gasteiger partial charge is 0.416 e. The van der Waals surface area contributed by atoms with Gasteiger partial charge in [0, 0.05) is 26.2 Å². The smallest absolute Gasteiger partial charge is 0.379 e. The normalized spacial score (nSPS) is 16.2. The number of hydrogen-bond acceptors (Lipinski definition) is 4. The first kappa shape index (κ1) is 20.8. The average molecular weight is 414 g/mol. The van der Waals surface area contributed by atoms with E-state index in [0.29, 0.717) is 6.07 Å². The molecule has 1 saturated heterocycles. The van der Waals surface area contributed by atoms with Crippen molar-refractivity contribution in [2.24, 2.45) is 0 Å². The number of hydrogen-bond donors (Lipinski definition) is 1. The number of nitrogens with zero attached hydrogens (tertiary/aromatic N) is 1. The summed E-state index contributed by atoms with van der Waals surface area (Å²) in [5, 5.41) is 0. The van der Waals surface area contributed by atoms with Crippen LogP contribution in [0.3, 0.4) is 0 Å². The van der Waals surface area contributed by atoms with Crippen molar-refractivity contribution in [3.63, 3.8) is 0 Å². The lowest BCUT2D eigenvalue weighted by molar-refractivity contribution is -0.137. The fourth-order valence-electron chi connectivity index (χ4n) is 2.88. The molecule has 0 spiro atoms. The summed E-state index contributed by atoms with van der Waals surface area (Å²) in [6, 6.07) is 11.2. The van der Waals surface area contributed by atoms with E-state index >= 15 is 0 Å². The number of halogens is 3. The summed E-state index contributed by atoms with van der Waals surface area (Å²) in [4.78, 5) is 1.86. The Kier molecular flexibility index (Phi) is 6.39. The van der Waals surface area contributed by atoms with Crippen LogP contribution in [0.15, 0.2) is 53.4 Å².